The second-order valence-corrected chi connectivity index (χ2v) is 4.90. The van der Waals surface area contributed by atoms with Crippen molar-refractivity contribution in [3.63, 3.8) is 0 Å². The van der Waals surface area contributed by atoms with Crippen LogP contribution in [0.1, 0.15) is 23.7 Å². The van der Waals surface area contributed by atoms with Crippen LogP contribution in [0, 0.1) is 0 Å². The van der Waals surface area contributed by atoms with Crippen LogP contribution in [0.3, 0.4) is 0 Å². The Labute approximate surface area is 113 Å². The molecular weight excluding hydrogens is 270 g/mol. The standard InChI is InChI=1S/C11H13N3O4S/c1-2-17-9(15)6-5-13-11(14-8(6)12)19-7-3-4-18-10(7)16/h5,7H,2-4H2,1H3,(H2,12,13,14)/t7-/m0/s1. The fraction of sp³-hybridized carbons (Fsp3) is 0.455. The van der Waals surface area contributed by atoms with Gasteiger partial charge in [-0.3, -0.25) is 4.79 Å². The number of nitrogens with two attached hydrogens (primary N) is 1. The number of carbonyl (C=O) groups excluding carboxylic acids is 2. The van der Waals surface area contributed by atoms with Gasteiger partial charge in [-0.05, 0) is 6.92 Å². The van der Waals surface area contributed by atoms with E-state index in [0.29, 0.717) is 18.2 Å². The van der Waals surface area contributed by atoms with Crippen LogP contribution in [0.2, 0.25) is 0 Å². The lowest BCUT2D eigenvalue weighted by molar-refractivity contribution is -0.137. The number of anilines is 1. The van der Waals surface area contributed by atoms with Crippen LogP contribution in [0.5, 0.6) is 0 Å². The second-order valence-electron chi connectivity index (χ2n) is 3.73. The third-order valence-electron chi connectivity index (χ3n) is 2.43. The molecule has 0 aliphatic carbocycles. The first kappa shape index (κ1) is 13.6. The highest BCUT2D eigenvalue weighted by Crippen LogP contribution is 2.27. The minimum Gasteiger partial charge on any atom is -0.465 e. The highest BCUT2D eigenvalue weighted by Gasteiger charge is 2.28. The molecule has 0 aromatic carbocycles. The zero-order valence-corrected chi connectivity index (χ0v) is 11.1. The zero-order valence-electron chi connectivity index (χ0n) is 10.3. The molecule has 1 aromatic heterocycles. The SMILES string of the molecule is CCOC(=O)c1cnc(S[C@H]2CCOC2=O)nc1N. The molecular formula is C11H13N3O4S. The van der Waals surface area contributed by atoms with Gasteiger partial charge in [-0.15, -0.1) is 0 Å². The van der Waals surface area contributed by atoms with Gasteiger partial charge in [-0.2, -0.15) is 0 Å². The fourth-order valence-corrected chi connectivity index (χ4v) is 2.41. The van der Waals surface area contributed by atoms with Gasteiger partial charge in [-0.25, -0.2) is 14.8 Å². The van der Waals surface area contributed by atoms with Gasteiger partial charge in [0.25, 0.3) is 0 Å². The second kappa shape index (κ2) is 5.87. The molecule has 2 N–H and O–H groups in total. The van der Waals surface area contributed by atoms with Gasteiger partial charge in [-0.1, -0.05) is 11.8 Å². The molecule has 2 heterocycles. The summed E-state index contributed by atoms with van der Waals surface area (Å²) in [5.74, 6) is -0.791. The van der Waals surface area contributed by atoms with Gasteiger partial charge >= 0.3 is 11.9 Å². The summed E-state index contributed by atoms with van der Waals surface area (Å²) >= 11 is 1.18. The number of aromatic nitrogens is 2. The van der Waals surface area contributed by atoms with Gasteiger partial charge in [0.15, 0.2) is 5.16 Å². The quantitative estimate of drug-likeness (QED) is 0.634. The Bertz CT molecular complexity index is 509. The summed E-state index contributed by atoms with van der Waals surface area (Å²) in [5.41, 5.74) is 5.81. The number of ether oxygens (including phenoxy) is 2. The van der Waals surface area contributed by atoms with Crippen molar-refractivity contribution in [1.82, 2.24) is 9.97 Å². The Kier molecular flexibility index (Phi) is 4.20. The number of hydrogen-bond acceptors (Lipinski definition) is 8. The van der Waals surface area contributed by atoms with Crippen molar-refractivity contribution in [1.29, 1.82) is 0 Å². The van der Waals surface area contributed by atoms with Crippen molar-refractivity contribution in [3.05, 3.63) is 11.8 Å². The van der Waals surface area contributed by atoms with E-state index in [2.05, 4.69) is 9.97 Å². The summed E-state index contributed by atoms with van der Waals surface area (Å²) in [5, 5.41) is 0.0299. The molecule has 1 aromatic rings. The molecule has 0 radical (unpaired) electrons. The van der Waals surface area contributed by atoms with Crippen LogP contribution in [-0.4, -0.2) is 40.4 Å². The van der Waals surface area contributed by atoms with Crippen LogP contribution in [0.25, 0.3) is 0 Å². The average Bonchev–Trinajstić information content (AvgIpc) is 2.75. The lowest BCUT2D eigenvalue weighted by Gasteiger charge is -2.07. The summed E-state index contributed by atoms with van der Waals surface area (Å²) < 4.78 is 9.66. The summed E-state index contributed by atoms with van der Waals surface area (Å²) in [6, 6.07) is 0. The predicted molar refractivity (Wildman–Crippen MR) is 67.6 cm³/mol. The number of rotatable bonds is 4. The molecule has 8 heteroatoms. The van der Waals surface area contributed by atoms with E-state index < -0.39 is 5.97 Å². The summed E-state index contributed by atoms with van der Waals surface area (Å²) in [6.07, 6.45) is 1.93. The zero-order chi connectivity index (χ0) is 13.8. The third kappa shape index (κ3) is 3.14. The molecule has 1 fully saturated rings. The summed E-state index contributed by atoms with van der Waals surface area (Å²) in [4.78, 5) is 30.8. The van der Waals surface area contributed by atoms with Crippen molar-refractivity contribution in [2.75, 3.05) is 18.9 Å². The van der Waals surface area contributed by atoms with Crippen LogP contribution in [-0.2, 0) is 14.3 Å². The largest absolute Gasteiger partial charge is 0.465 e. The van der Waals surface area contributed by atoms with E-state index in [1.165, 1.54) is 18.0 Å². The number of hydrogen-bond donors (Lipinski definition) is 1. The van der Waals surface area contributed by atoms with Gasteiger partial charge in [0.1, 0.15) is 16.6 Å². The van der Waals surface area contributed by atoms with Crippen molar-refractivity contribution in [2.45, 2.75) is 23.8 Å². The molecule has 102 valence electrons. The van der Waals surface area contributed by atoms with Crippen molar-refractivity contribution in [3.8, 4) is 0 Å². The highest BCUT2D eigenvalue weighted by molar-refractivity contribution is 8.00. The molecule has 19 heavy (non-hydrogen) atoms. The van der Waals surface area contributed by atoms with Crippen LogP contribution in [0.15, 0.2) is 11.4 Å². The van der Waals surface area contributed by atoms with Crippen molar-refractivity contribution in [2.24, 2.45) is 0 Å². The van der Waals surface area contributed by atoms with Gasteiger partial charge in [0, 0.05) is 12.6 Å². The van der Waals surface area contributed by atoms with E-state index in [1.807, 2.05) is 0 Å². The molecule has 1 aliphatic rings. The van der Waals surface area contributed by atoms with E-state index >= 15 is 0 Å². The first-order valence-corrected chi connectivity index (χ1v) is 6.62. The molecule has 1 aliphatic heterocycles. The van der Waals surface area contributed by atoms with Gasteiger partial charge in [0.2, 0.25) is 0 Å². The van der Waals surface area contributed by atoms with E-state index in [0.717, 1.165) is 0 Å². The molecule has 1 atom stereocenters. The Morgan fingerprint density at radius 2 is 2.47 bits per heavy atom. The maximum Gasteiger partial charge on any atom is 0.343 e. The lowest BCUT2D eigenvalue weighted by atomic mass is 10.3. The first-order valence-electron chi connectivity index (χ1n) is 5.74. The number of cyclic esters (lactones) is 1. The average molecular weight is 283 g/mol. The molecule has 7 nitrogen and oxygen atoms in total. The normalized spacial score (nSPS) is 18.2. The van der Waals surface area contributed by atoms with Gasteiger partial charge < -0.3 is 15.2 Å². The number of nitrogens with zero attached hydrogens (tertiary/aromatic N) is 2. The molecule has 0 saturated carbocycles. The summed E-state index contributed by atoms with van der Waals surface area (Å²) in [7, 11) is 0. The topological polar surface area (TPSA) is 104 Å². The molecule has 2 rings (SSSR count). The van der Waals surface area contributed by atoms with E-state index in [4.69, 9.17) is 15.2 Å². The smallest absolute Gasteiger partial charge is 0.343 e. The van der Waals surface area contributed by atoms with Crippen molar-refractivity contribution >= 4 is 29.5 Å². The number of thioether (sulfide) groups is 1. The Hall–Kier alpha value is -1.83. The maximum atomic E-state index is 11.5. The van der Waals surface area contributed by atoms with Gasteiger partial charge in [0.05, 0.1) is 13.2 Å². The van der Waals surface area contributed by atoms with Crippen LogP contribution < -0.4 is 5.73 Å². The fourth-order valence-electron chi connectivity index (χ4n) is 1.51. The number of esters is 2. The van der Waals surface area contributed by atoms with Crippen LogP contribution in [0.4, 0.5) is 5.82 Å². The van der Waals surface area contributed by atoms with E-state index in [1.54, 1.807) is 6.92 Å². The monoisotopic (exact) mass is 283 g/mol. The molecule has 0 spiro atoms. The molecule has 0 bridgehead atoms. The minimum atomic E-state index is -0.558. The Morgan fingerprint density at radius 3 is 3.05 bits per heavy atom. The maximum absolute atomic E-state index is 11.5. The number of carbonyl (C=O) groups is 2. The molecule has 1 saturated heterocycles. The lowest BCUT2D eigenvalue weighted by Crippen LogP contribution is -2.13. The minimum absolute atomic E-state index is 0.0438. The third-order valence-corrected chi connectivity index (χ3v) is 3.55. The highest BCUT2D eigenvalue weighted by atomic mass is 32.2. The summed E-state index contributed by atoms with van der Waals surface area (Å²) in [6.45, 7) is 2.36. The number of nitrogen functional groups attached to an aromatic ring is 1. The Balaban J connectivity index is 2.10. The molecule has 0 amide bonds. The Morgan fingerprint density at radius 1 is 1.68 bits per heavy atom. The molecule has 0 unspecified atom stereocenters. The van der Waals surface area contributed by atoms with Crippen LogP contribution >= 0.6 is 11.8 Å². The first-order chi connectivity index (χ1) is 9.11. The van der Waals surface area contributed by atoms with Crippen molar-refractivity contribution < 1.29 is 19.1 Å². The predicted octanol–water partition coefficient (Wildman–Crippen LogP) is 0.643. The van der Waals surface area contributed by atoms with E-state index in [9.17, 15) is 9.59 Å². The van der Waals surface area contributed by atoms with E-state index in [-0.39, 0.29) is 29.2 Å².